The summed E-state index contributed by atoms with van der Waals surface area (Å²) >= 11 is 0. The minimum absolute atomic E-state index is 0.355. The van der Waals surface area contributed by atoms with Crippen LogP contribution in [-0.4, -0.2) is 36.4 Å². The topological polar surface area (TPSA) is 101 Å². The van der Waals surface area contributed by atoms with Crippen LogP contribution in [0.4, 0.5) is 5.69 Å². The van der Waals surface area contributed by atoms with Crippen LogP contribution in [0.15, 0.2) is 51.8 Å². The van der Waals surface area contributed by atoms with Gasteiger partial charge in [0, 0.05) is 18.2 Å². The number of aromatic amines is 1. The van der Waals surface area contributed by atoms with Crippen LogP contribution in [0.25, 0.3) is 11.4 Å². The molecule has 146 valence electrons. The third-order valence-corrected chi connectivity index (χ3v) is 4.68. The second kappa shape index (κ2) is 8.18. The van der Waals surface area contributed by atoms with Crippen LogP contribution < -0.4 is 25.9 Å². The number of H-pyrrole nitrogens is 1. The lowest BCUT2D eigenvalue weighted by atomic mass is 10.1. The standard InChI is InChI=1S/C20H22N4O4/c1-26-15-5-7-16(8-6-15)27-18-11-13(19-23-20(25)28-24-19)4-9-17(18)22-12-14-3-2-10-21-14/h4-9,11,14,21-22H,2-3,10,12H2,1H3,(H,23,24,25)/t14-/m0/s1. The van der Waals surface area contributed by atoms with Gasteiger partial charge in [0.1, 0.15) is 11.5 Å². The van der Waals surface area contributed by atoms with Gasteiger partial charge in [-0.15, -0.1) is 0 Å². The van der Waals surface area contributed by atoms with Crippen LogP contribution in [0, 0.1) is 0 Å². The van der Waals surface area contributed by atoms with E-state index in [4.69, 9.17) is 9.47 Å². The lowest BCUT2D eigenvalue weighted by Gasteiger charge is -2.17. The zero-order valence-corrected chi connectivity index (χ0v) is 15.5. The molecular weight excluding hydrogens is 360 g/mol. The van der Waals surface area contributed by atoms with Gasteiger partial charge in [-0.05, 0) is 61.9 Å². The van der Waals surface area contributed by atoms with E-state index in [1.807, 2.05) is 42.5 Å². The Kier molecular flexibility index (Phi) is 5.29. The van der Waals surface area contributed by atoms with E-state index in [0.29, 0.717) is 28.9 Å². The fourth-order valence-electron chi connectivity index (χ4n) is 3.19. The molecule has 4 rings (SSSR count). The normalized spacial score (nSPS) is 16.1. The van der Waals surface area contributed by atoms with Crippen molar-refractivity contribution in [2.45, 2.75) is 18.9 Å². The highest BCUT2D eigenvalue weighted by Gasteiger charge is 2.16. The van der Waals surface area contributed by atoms with E-state index in [9.17, 15) is 4.79 Å². The number of hydrogen-bond donors (Lipinski definition) is 3. The SMILES string of the molecule is COc1ccc(Oc2cc(-c3noc(=O)[nH]3)ccc2NC[C@@H]2CCCN2)cc1. The number of aromatic nitrogens is 2. The first-order chi connectivity index (χ1) is 13.7. The smallest absolute Gasteiger partial charge is 0.439 e. The van der Waals surface area contributed by atoms with Gasteiger partial charge in [-0.1, -0.05) is 5.16 Å². The van der Waals surface area contributed by atoms with Crippen molar-refractivity contribution in [3.05, 3.63) is 53.0 Å². The lowest BCUT2D eigenvalue weighted by molar-refractivity contribution is 0.388. The average Bonchev–Trinajstić information content (AvgIpc) is 3.39. The van der Waals surface area contributed by atoms with E-state index in [0.717, 1.165) is 30.9 Å². The molecule has 8 nitrogen and oxygen atoms in total. The molecule has 0 radical (unpaired) electrons. The Bertz CT molecular complexity index is 974. The number of ether oxygens (including phenoxy) is 2. The van der Waals surface area contributed by atoms with E-state index in [2.05, 4.69) is 25.3 Å². The van der Waals surface area contributed by atoms with Gasteiger partial charge in [0.15, 0.2) is 11.6 Å². The maximum atomic E-state index is 11.3. The first-order valence-electron chi connectivity index (χ1n) is 9.21. The van der Waals surface area contributed by atoms with E-state index in [1.54, 1.807) is 7.11 Å². The molecule has 1 atom stereocenters. The molecule has 1 fully saturated rings. The molecule has 1 aliphatic rings. The summed E-state index contributed by atoms with van der Waals surface area (Å²) in [5, 5.41) is 10.7. The van der Waals surface area contributed by atoms with Crippen LogP contribution in [0.1, 0.15) is 12.8 Å². The lowest BCUT2D eigenvalue weighted by Crippen LogP contribution is -2.29. The fourth-order valence-corrected chi connectivity index (χ4v) is 3.19. The molecule has 3 aromatic rings. The number of nitrogens with zero attached hydrogens (tertiary/aromatic N) is 1. The molecule has 8 heteroatoms. The van der Waals surface area contributed by atoms with Gasteiger partial charge in [0.25, 0.3) is 0 Å². The van der Waals surface area contributed by atoms with Crippen molar-refractivity contribution in [3.8, 4) is 28.6 Å². The van der Waals surface area contributed by atoms with Crippen LogP contribution in [0.2, 0.25) is 0 Å². The maximum Gasteiger partial charge on any atom is 0.439 e. The highest BCUT2D eigenvalue weighted by Crippen LogP contribution is 2.34. The first kappa shape index (κ1) is 18.1. The number of methoxy groups -OCH3 is 1. The number of rotatable bonds is 7. The monoisotopic (exact) mass is 382 g/mol. The number of hydrogen-bond acceptors (Lipinski definition) is 7. The minimum Gasteiger partial charge on any atom is -0.497 e. The Morgan fingerprint density at radius 1 is 1.21 bits per heavy atom. The zero-order chi connectivity index (χ0) is 19.3. The number of benzene rings is 2. The van der Waals surface area contributed by atoms with Crippen molar-refractivity contribution < 1.29 is 14.0 Å². The van der Waals surface area contributed by atoms with E-state index < -0.39 is 5.76 Å². The van der Waals surface area contributed by atoms with Crippen molar-refractivity contribution in [2.24, 2.45) is 0 Å². The molecule has 0 unspecified atom stereocenters. The zero-order valence-electron chi connectivity index (χ0n) is 15.5. The summed E-state index contributed by atoms with van der Waals surface area (Å²) in [4.78, 5) is 13.8. The summed E-state index contributed by atoms with van der Waals surface area (Å²) in [6, 6.07) is 13.4. The Morgan fingerprint density at radius 2 is 2.04 bits per heavy atom. The molecule has 0 saturated carbocycles. The summed E-state index contributed by atoms with van der Waals surface area (Å²) in [7, 11) is 1.62. The second-order valence-corrected chi connectivity index (χ2v) is 6.61. The van der Waals surface area contributed by atoms with E-state index in [1.165, 1.54) is 6.42 Å². The van der Waals surface area contributed by atoms with Crippen LogP contribution in [-0.2, 0) is 0 Å². The molecule has 1 aliphatic heterocycles. The molecule has 0 spiro atoms. The molecule has 0 amide bonds. The summed E-state index contributed by atoms with van der Waals surface area (Å²) in [6.45, 7) is 1.86. The predicted molar refractivity (Wildman–Crippen MR) is 105 cm³/mol. The third kappa shape index (κ3) is 4.17. The first-order valence-corrected chi connectivity index (χ1v) is 9.21. The third-order valence-electron chi connectivity index (χ3n) is 4.68. The van der Waals surface area contributed by atoms with Gasteiger partial charge in [-0.2, -0.15) is 0 Å². The number of anilines is 1. The maximum absolute atomic E-state index is 11.3. The Morgan fingerprint density at radius 3 is 2.71 bits per heavy atom. The number of nitrogens with one attached hydrogen (secondary N) is 3. The van der Waals surface area contributed by atoms with Crippen molar-refractivity contribution in [1.29, 1.82) is 0 Å². The van der Waals surface area contributed by atoms with Crippen LogP contribution >= 0.6 is 0 Å². The summed E-state index contributed by atoms with van der Waals surface area (Å²) < 4.78 is 15.9. The highest BCUT2D eigenvalue weighted by atomic mass is 16.5. The van der Waals surface area contributed by atoms with Gasteiger partial charge in [0.2, 0.25) is 0 Å². The van der Waals surface area contributed by atoms with E-state index >= 15 is 0 Å². The Hall–Kier alpha value is -3.26. The summed E-state index contributed by atoms with van der Waals surface area (Å²) in [6.07, 6.45) is 2.35. The molecule has 1 saturated heterocycles. The van der Waals surface area contributed by atoms with Gasteiger partial charge < -0.3 is 20.1 Å². The van der Waals surface area contributed by atoms with Crippen LogP contribution in [0.3, 0.4) is 0 Å². The molecule has 2 aromatic carbocycles. The van der Waals surface area contributed by atoms with Crippen LogP contribution in [0.5, 0.6) is 17.2 Å². The second-order valence-electron chi connectivity index (χ2n) is 6.61. The molecule has 1 aromatic heterocycles. The van der Waals surface area contributed by atoms with Crippen molar-refractivity contribution in [3.63, 3.8) is 0 Å². The summed E-state index contributed by atoms with van der Waals surface area (Å²) in [5.74, 6) is 1.82. The molecule has 2 heterocycles. The average molecular weight is 382 g/mol. The molecular formula is C20H22N4O4. The van der Waals surface area contributed by atoms with Gasteiger partial charge in [-0.3, -0.25) is 9.51 Å². The minimum atomic E-state index is -0.595. The predicted octanol–water partition coefficient (Wildman–Crippen LogP) is 2.99. The molecule has 28 heavy (non-hydrogen) atoms. The van der Waals surface area contributed by atoms with Gasteiger partial charge in [0.05, 0.1) is 12.8 Å². The van der Waals surface area contributed by atoms with E-state index in [-0.39, 0.29) is 0 Å². The molecule has 0 aliphatic carbocycles. The Labute approximate surface area is 161 Å². The van der Waals surface area contributed by atoms with Crippen molar-refractivity contribution >= 4 is 5.69 Å². The quantitative estimate of drug-likeness (QED) is 0.577. The largest absolute Gasteiger partial charge is 0.497 e. The van der Waals surface area contributed by atoms with Gasteiger partial charge >= 0.3 is 5.76 Å². The van der Waals surface area contributed by atoms with Gasteiger partial charge in [-0.25, -0.2) is 4.79 Å². The highest BCUT2D eigenvalue weighted by molar-refractivity contribution is 5.67. The molecule has 0 bridgehead atoms. The summed E-state index contributed by atoms with van der Waals surface area (Å²) in [5.41, 5.74) is 1.55. The fraction of sp³-hybridized carbons (Fsp3) is 0.300. The van der Waals surface area contributed by atoms with Crippen molar-refractivity contribution in [2.75, 3.05) is 25.5 Å². The van der Waals surface area contributed by atoms with Crippen molar-refractivity contribution in [1.82, 2.24) is 15.5 Å². The Balaban J connectivity index is 1.60. The molecule has 3 N–H and O–H groups in total.